The average molecular weight is 509 g/mol. The van der Waals surface area contributed by atoms with E-state index in [0.29, 0.717) is 5.75 Å². The zero-order valence-corrected chi connectivity index (χ0v) is 19.9. The van der Waals surface area contributed by atoms with Gasteiger partial charge in [-0.2, -0.15) is 13.2 Å². The predicted octanol–water partition coefficient (Wildman–Crippen LogP) is 4.87. The van der Waals surface area contributed by atoms with Crippen LogP contribution in [0.5, 0.6) is 11.5 Å². The van der Waals surface area contributed by atoms with E-state index in [1.54, 1.807) is 25.1 Å². The lowest BCUT2D eigenvalue weighted by Crippen LogP contribution is -2.38. The molecule has 0 fully saturated rings. The molecule has 0 spiro atoms. The van der Waals surface area contributed by atoms with Gasteiger partial charge in [0.2, 0.25) is 5.91 Å². The van der Waals surface area contributed by atoms with Gasteiger partial charge in [0, 0.05) is 11.8 Å². The SMILES string of the molecule is COc1ccc(OC)c(N(CC(=O)Nc2ccc(C(F)(F)F)cc2)S(=O)(=O)c2ccc(C)cc2)c1. The largest absolute Gasteiger partial charge is 0.497 e. The molecule has 186 valence electrons. The number of nitrogens with one attached hydrogen (secondary N) is 1. The van der Waals surface area contributed by atoms with Crippen LogP contribution in [0.25, 0.3) is 0 Å². The summed E-state index contributed by atoms with van der Waals surface area (Å²) >= 11 is 0. The Morgan fingerprint density at radius 1 is 0.943 bits per heavy atom. The molecule has 0 unspecified atom stereocenters. The third kappa shape index (κ3) is 6.04. The maximum Gasteiger partial charge on any atom is 0.416 e. The monoisotopic (exact) mass is 508 g/mol. The van der Waals surface area contributed by atoms with Crippen molar-refractivity contribution in [1.82, 2.24) is 0 Å². The fourth-order valence-electron chi connectivity index (χ4n) is 3.20. The Kier molecular flexibility index (Phi) is 7.59. The number of nitrogens with zero attached hydrogens (tertiary/aromatic N) is 1. The third-order valence-corrected chi connectivity index (χ3v) is 6.82. The fraction of sp³-hybridized carbons (Fsp3) is 0.208. The second-order valence-corrected chi connectivity index (χ2v) is 9.35. The van der Waals surface area contributed by atoms with E-state index in [1.165, 1.54) is 38.5 Å². The molecule has 1 amide bonds. The number of halogens is 3. The summed E-state index contributed by atoms with van der Waals surface area (Å²) < 4.78 is 77.0. The fourth-order valence-corrected chi connectivity index (χ4v) is 4.63. The third-order valence-electron chi connectivity index (χ3n) is 5.05. The Labute approximate surface area is 201 Å². The van der Waals surface area contributed by atoms with Crippen LogP contribution >= 0.6 is 0 Å². The molecular weight excluding hydrogens is 485 g/mol. The van der Waals surface area contributed by atoms with Crippen molar-refractivity contribution < 1.29 is 35.9 Å². The second kappa shape index (κ2) is 10.3. The van der Waals surface area contributed by atoms with Crippen LogP contribution in [0.15, 0.2) is 71.6 Å². The lowest BCUT2D eigenvalue weighted by molar-refractivity contribution is -0.137. The highest BCUT2D eigenvalue weighted by Crippen LogP contribution is 2.36. The van der Waals surface area contributed by atoms with E-state index in [2.05, 4.69) is 5.32 Å². The molecule has 0 heterocycles. The number of hydrogen-bond donors (Lipinski definition) is 1. The van der Waals surface area contributed by atoms with Crippen LogP contribution in [0.3, 0.4) is 0 Å². The number of methoxy groups -OCH3 is 2. The number of amides is 1. The molecule has 7 nitrogen and oxygen atoms in total. The highest BCUT2D eigenvalue weighted by molar-refractivity contribution is 7.92. The molecule has 3 rings (SSSR count). The number of carbonyl (C=O) groups excluding carboxylic acids is 1. The van der Waals surface area contributed by atoms with Crippen molar-refractivity contribution in [2.45, 2.75) is 18.0 Å². The Balaban J connectivity index is 1.99. The van der Waals surface area contributed by atoms with Gasteiger partial charge in [0.05, 0.1) is 30.4 Å². The van der Waals surface area contributed by atoms with E-state index in [-0.39, 0.29) is 22.0 Å². The minimum Gasteiger partial charge on any atom is -0.497 e. The van der Waals surface area contributed by atoms with Gasteiger partial charge >= 0.3 is 6.18 Å². The average Bonchev–Trinajstić information content (AvgIpc) is 2.82. The van der Waals surface area contributed by atoms with E-state index >= 15 is 0 Å². The van der Waals surface area contributed by atoms with Gasteiger partial charge in [0.15, 0.2) is 0 Å². The molecule has 3 aromatic carbocycles. The van der Waals surface area contributed by atoms with Gasteiger partial charge in [-0.25, -0.2) is 8.42 Å². The first-order valence-corrected chi connectivity index (χ1v) is 11.7. The molecule has 0 bridgehead atoms. The lowest BCUT2D eigenvalue weighted by Gasteiger charge is -2.26. The standard InChI is InChI=1S/C24H23F3N2O5S/c1-16-4-11-20(12-5-16)35(31,32)29(21-14-19(33-2)10-13-22(21)34-3)15-23(30)28-18-8-6-17(7-9-18)24(25,26)27/h4-14H,15H2,1-3H3,(H,28,30). The molecule has 1 N–H and O–H groups in total. The van der Waals surface area contributed by atoms with Crippen LogP contribution in [0.2, 0.25) is 0 Å². The summed E-state index contributed by atoms with van der Waals surface area (Å²) in [5.41, 5.74) is 0.0954. The molecule has 3 aromatic rings. The summed E-state index contributed by atoms with van der Waals surface area (Å²) in [5.74, 6) is -0.276. The molecule has 0 aromatic heterocycles. The Morgan fingerprint density at radius 3 is 2.11 bits per heavy atom. The molecule has 0 atom stereocenters. The summed E-state index contributed by atoms with van der Waals surface area (Å²) in [6, 6.07) is 14.4. The quantitative estimate of drug-likeness (QED) is 0.470. The van der Waals surface area contributed by atoms with Gasteiger partial charge in [-0.05, 0) is 55.5 Å². The minimum atomic E-state index is -4.52. The Bertz CT molecular complexity index is 1290. The highest BCUT2D eigenvalue weighted by atomic mass is 32.2. The molecule has 35 heavy (non-hydrogen) atoms. The van der Waals surface area contributed by atoms with E-state index in [1.807, 2.05) is 0 Å². The number of alkyl halides is 3. The second-order valence-electron chi connectivity index (χ2n) is 7.49. The summed E-state index contributed by atoms with van der Waals surface area (Å²) in [6.07, 6.45) is -4.52. The van der Waals surface area contributed by atoms with Crippen molar-refractivity contribution in [2.75, 3.05) is 30.4 Å². The first kappa shape index (κ1) is 25.9. The summed E-state index contributed by atoms with van der Waals surface area (Å²) in [4.78, 5) is 12.8. The predicted molar refractivity (Wildman–Crippen MR) is 125 cm³/mol. The van der Waals surface area contributed by atoms with Crippen molar-refractivity contribution in [3.05, 3.63) is 77.9 Å². The van der Waals surface area contributed by atoms with Crippen molar-refractivity contribution >= 4 is 27.3 Å². The smallest absolute Gasteiger partial charge is 0.416 e. The number of ether oxygens (including phenoxy) is 2. The molecule has 0 saturated carbocycles. The molecule has 0 saturated heterocycles. The van der Waals surface area contributed by atoms with Crippen LogP contribution < -0.4 is 19.1 Å². The Morgan fingerprint density at radius 2 is 1.57 bits per heavy atom. The van der Waals surface area contributed by atoms with Gasteiger partial charge < -0.3 is 14.8 Å². The van der Waals surface area contributed by atoms with E-state index in [0.717, 1.165) is 34.1 Å². The number of carbonyl (C=O) groups is 1. The van der Waals surface area contributed by atoms with Gasteiger partial charge in [0.25, 0.3) is 10.0 Å². The van der Waals surface area contributed by atoms with Gasteiger partial charge in [-0.1, -0.05) is 17.7 Å². The molecule has 11 heteroatoms. The van der Waals surface area contributed by atoms with Crippen LogP contribution in [0, 0.1) is 6.92 Å². The molecule has 0 aliphatic rings. The summed E-state index contributed by atoms with van der Waals surface area (Å²) in [7, 11) is -1.50. The first-order valence-electron chi connectivity index (χ1n) is 10.2. The normalized spacial score (nSPS) is 11.6. The number of sulfonamides is 1. The Hall–Kier alpha value is -3.73. The number of anilines is 2. The molecule has 0 aliphatic heterocycles. The number of aryl methyl sites for hydroxylation is 1. The van der Waals surface area contributed by atoms with Crippen molar-refractivity contribution in [3.63, 3.8) is 0 Å². The topological polar surface area (TPSA) is 84.9 Å². The van der Waals surface area contributed by atoms with E-state index in [4.69, 9.17) is 9.47 Å². The van der Waals surface area contributed by atoms with E-state index < -0.39 is 34.2 Å². The zero-order chi connectivity index (χ0) is 25.8. The van der Waals surface area contributed by atoms with Crippen molar-refractivity contribution in [1.29, 1.82) is 0 Å². The molecule has 0 aliphatic carbocycles. The van der Waals surface area contributed by atoms with Crippen LogP contribution in [-0.2, 0) is 21.0 Å². The summed E-state index contributed by atoms with van der Waals surface area (Å²) in [6.45, 7) is 1.12. The number of rotatable bonds is 8. The van der Waals surface area contributed by atoms with Crippen LogP contribution in [-0.4, -0.2) is 35.1 Å². The van der Waals surface area contributed by atoms with Gasteiger partial charge in [-0.15, -0.1) is 0 Å². The van der Waals surface area contributed by atoms with Crippen molar-refractivity contribution in [3.8, 4) is 11.5 Å². The van der Waals surface area contributed by atoms with Gasteiger partial charge in [0.1, 0.15) is 18.0 Å². The van der Waals surface area contributed by atoms with E-state index in [9.17, 15) is 26.4 Å². The molecule has 0 radical (unpaired) electrons. The maximum atomic E-state index is 13.6. The van der Waals surface area contributed by atoms with Gasteiger partial charge in [-0.3, -0.25) is 9.10 Å². The maximum absolute atomic E-state index is 13.6. The number of hydrogen-bond acceptors (Lipinski definition) is 5. The van der Waals surface area contributed by atoms with Crippen molar-refractivity contribution in [2.24, 2.45) is 0 Å². The lowest BCUT2D eigenvalue weighted by atomic mass is 10.2. The highest BCUT2D eigenvalue weighted by Gasteiger charge is 2.31. The summed E-state index contributed by atoms with van der Waals surface area (Å²) in [5, 5.41) is 2.44. The number of benzene rings is 3. The minimum absolute atomic E-state index is 0.0509. The zero-order valence-electron chi connectivity index (χ0n) is 19.1. The molecular formula is C24H23F3N2O5S. The van der Waals surface area contributed by atoms with Crippen LogP contribution in [0.1, 0.15) is 11.1 Å². The van der Waals surface area contributed by atoms with Crippen LogP contribution in [0.4, 0.5) is 24.5 Å². The first-order chi connectivity index (χ1) is 16.5.